The number of amides is 1. The molecule has 0 heterocycles. The highest BCUT2D eigenvalue weighted by atomic mass is 19.1. The number of nitrogens with zero attached hydrogens (tertiary/aromatic N) is 2. The summed E-state index contributed by atoms with van der Waals surface area (Å²) in [7, 11) is 4.00. The molecule has 0 aliphatic carbocycles. The lowest BCUT2D eigenvalue weighted by molar-refractivity contribution is 0.0955. The van der Waals surface area contributed by atoms with Gasteiger partial charge in [0, 0.05) is 38.0 Å². The van der Waals surface area contributed by atoms with E-state index >= 15 is 0 Å². The van der Waals surface area contributed by atoms with Crippen molar-refractivity contribution in [1.82, 2.24) is 5.43 Å². The topological polar surface area (TPSA) is 44.7 Å². The van der Waals surface area contributed by atoms with E-state index in [0.717, 1.165) is 11.3 Å². The molecule has 24 heavy (non-hydrogen) atoms. The summed E-state index contributed by atoms with van der Waals surface area (Å²) in [6.45, 7) is 0. The minimum atomic E-state index is -0.376. The zero-order valence-corrected chi connectivity index (χ0v) is 13.7. The fraction of sp³-hybridized carbons (Fsp3) is 0.158. The predicted octanol–water partition coefficient (Wildman–Crippen LogP) is 3.71. The third-order valence-corrected chi connectivity index (χ3v) is 3.33. The quantitative estimate of drug-likeness (QED) is 0.650. The molecular weight excluding hydrogens is 305 g/mol. The molecule has 0 aliphatic heterocycles. The predicted molar refractivity (Wildman–Crippen MR) is 96.8 cm³/mol. The molecule has 0 aliphatic rings. The Morgan fingerprint density at radius 1 is 1.12 bits per heavy atom. The Hall–Kier alpha value is -2.95. The highest BCUT2D eigenvalue weighted by Gasteiger charge is 2.02. The van der Waals surface area contributed by atoms with Crippen molar-refractivity contribution in [2.75, 3.05) is 19.0 Å². The summed E-state index contributed by atoms with van der Waals surface area (Å²) in [5, 5.41) is 3.86. The van der Waals surface area contributed by atoms with Gasteiger partial charge in [0.25, 0.3) is 5.91 Å². The van der Waals surface area contributed by atoms with Gasteiger partial charge in [0.15, 0.2) is 0 Å². The standard InChI is InChI=1S/C19H20FN3O/c1-23(2)18-12-6-15(7-13-18)5-3-4-14-21-22-19(24)16-8-10-17(20)11-9-16/h3,5-14H,4H2,1-2H3,(H,22,24). The van der Waals surface area contributed by atoms with Gasteiger partial charge in [0.05, 0.1) is 0 Å². The van der Waals surface area contributed by atoms with Crippen LogP contribution in [0.15, 0.2) is 59.7 Å². The summed E-state index contributed by atoms with van der Waals surface area (Å²) in [6.07, 6.45) is 6.15. The maximum absolute atomic E-state index is 12.8. The summed E-state index contributed by atoms with van der Waals surface area (Å²) < 4.78 is 12.8. The van der Waals surface area contributed by atoms with Crippen molar-refractivity contribution < 1.29 is 9.18 Å². The van der Waals surface area contributed by atoms with Crippen LogP contribution in [-0.4, -0.2) is 26.2 Å². The molecule has 2 aromatic carbocycles. The number of hydrazone groups is 1. The number of halogens is 1. The van der Waals surface area contributed by atoms with Crippen molar-refractivity contribution in [2.45, 2.75) is 6.42 Å². The van der Waals surface area contributed by atoms with Crippen LogP contribution < -0.4 is 10.3 Å². The second kappa shape index (κ2) is 8.62. The van der Waals surface area contributed by atoms with E-state index in [-0.39, 0.29) is 11.7 Å². The first-order valence-electron chi connectivity index (χ1n) is 7.57. The number of carbonyl (C=O) groups is 1. The van der Waals surface area contributed by atoms with Gasteiger partial charge in [-0.2, -0.15) is 5.10 Å². The Bertz CT molecular complexity index is 719. The van der Waals surface area contributed by atoms with Crippen molar-refractivity contribution in [1.29, 1.82) is 0 Å². The monoisotopic (exact) mass is 325 g/mol. The molecule has 1 amide bonds. The molecule has 0 saturated heterocycles. The van der Waals surface area contributed by atoms with E-state index in [1.54, 1.807) is 6.21 Å². The summed E-state index contributed by atoms with van der Waals surface area (Å²) in [6, 6.07) is 13.5. The largest absolute Gasteiger partial charge is 0.378 e. The van der Waals surface area contributed by atoms with E-state index in [2.05, 4.69) is 22.7 Å². The molecule has 2 aromatic rings. The Morgan fingerprint density at radius 3 is 2.42 bits per heavy atom. The van der Waals surface area contributed by atoms with E-state index < -0.39 is 0 Å². The number of rotatable bonds is 6. The first kappa shape index (κ1) is 17.4. The number of hydrogen-bond acceptors (Lipinski definition) is 3. The zero-order chi connectivity index (χ0) is 17.4. The van der Waals surface area contributed by atoms with Crippen LogP contribution in [0.1, 0.15) is 22.3 Å². The first-order chi connectivity index (χ1) is 11.6. The molecule has 0 saturated carbocycles. The second-order valence-electron chi connectivity index (χ2n) is 5.38. The van der Waals surface area contributed by atoms with E-state index in [1.807, 2.05) is 43.3 Å². The number of allylic oxidation sites excluding steroid dienone is 1. The van der Waals surface area contributed by atoms with Gasteiger partial charge in [-0.1, -0.05) is 24.3 Å². The third-order valence-electron chi connectivity index (χ3n) is 3.33. The van der Waals surface area contributed by atoms with Crippen molar-refractivity contribution in [3.8, 4) is 0 Å². The first-order valence-corrected chi connectivity index (χ1v) is 7.57. The molecular formula is C19H20FN3O. The number of carbonyl (C=O) groups excluding carboxylic acids is 1. The van der Waals surface area contributed by atoms with Gasteiger partial charge in [-0.15, -0.1) is 0 Å². The van der Waals surface area contributed by atoms with Crippen LogP contribution in [0.3, 0.4) is 0 Å². The lowest BCUT2D eigenvalue weighted by Gasteiger charge is -2.11. The minimum Gasteiger partial charge on any atom is -0.378 e. The molecule has 0 spiro atoms. The molecule has 2 rings (SSSR count). The molecule has 0 atom stereocenters. The van der Waals surface area contributed by atoms with Gasteiger partial charge in [0.2, 0.25) is 0 Å². The minimum absolute atomic E-state index is 0.366. The summed E-state index contributed by atoms with van der Waals surface area (Å²) in [5.74, 6) is -0.742. The van der Waals surface area contributed by atoms with E-state index in [4.69, 9.17) is 0 Å². The van der Waals surface area contributed by atoms with Gasteiger partial charge in [-0.05, 0) is 42.0 Å². The lowest BCUT2D eigenvalue weighted by atomic mass is 10.2. The van der Waals surface area contributed by atoms with Crippen LogP contribution in [0.2, 0.25) is 0 Å². The van der Waals surface area contributed by atoms with E-state index in [1.165, 1.54) is 24.3 Å². The summed E-state index contributed by atoms with van der Waals surface area (Å²) >= 11 is 0. The molecule has 4 nitrogen and oxygen atoms in total. The molecule has 0 fully saturated rings. The molecule has 0 bridgehead atoms. The zero-order valence-electron chi connectivity index (χ0n) is 13.7. The molecule has 124 valence electrons. The number of anilines is 1. The van der Waals surface area contributed by atoms with Crippen LogP contribution in [-0.2, 0) is 0 Å². The summed E-state index contributed by atoms with van der Waals surface area (Å²) in [5.41, 5.74) is 5.02. The lowest BCUT2D eigenvalue weighted by Crippen LogP contribution is -2.17. The van der Waals surface area contributed by atoms with Crippen molar-refractivity contribution >= 4 is 23.9 Å². The summed E-state index contributed by atoms with van der Waals surface area (Å²) in [4.78, 5) is 13.8. The molecule has 0 radical (unpaired) electrons. The van der Waals surface area contributed by atoms with Gasteiger partial charge in [-0.25, -0.2) is 9.82 Å². The molecule has 1 N–H and O–H groups in total. The van der Waals surface area contributed by atoms with E-state index in [0.29, 0.717) is 12.0 Å². The molecule has 0 aromatic heterocycles. The van der Waals surface area contributed by atoms with Crippen molar-refractivity contribution in [2.24, 2.45) is 5.10 Å². The fourth-order valence-electron chi connectivity index (χ4n) is 1.97. The maximum atomic E-state index is 12.8. The van der Waals surface area contributed by atoms with Gasteiger partial charge >= 0.3 is 0 Å². The molecule has 0 unspecified atom stereocenters. The Morgan fingerprint density at radius 2 is 1.79 bits per heavy atom. The van der Waals surface area contributed by atoms with Gasteiger partial charge in [-0.3, -0.25) is 4.79 Å². The van der Waals surface area contributed by atoms with Crippen LogP contribution in [0.25, 0.3) is 6.08 Å². The Labute approximate surface area is 141 Å². The average Bonchev–Trinajstić information content (AvgIpc) is 2.58. The highest BCUT2D eigenvalue weighted by Crippen LogP contribution is 2.13. The maximum Gasteiger partial charge on any atom is 0.271 e. The Kier molecular flexibility index (Phi) is 6.25. The normalized spacial score (nSPS) is 11.1. The van der Waals surface area contributed by atoms with Gasteiger partial charge < -0.3 is 4.90 Å². The number of nitrogens with one attached hydrogen (secondary N) is 1. The van der Waals surface area contributed by atoms with Crippen molar-refractivity contribution in [3.05, 3.63) is 71.6 Å². The van der Waals surface area contributed by atoms with Crippen molar-refractivity contribution in [3.63, 3.8) is 0 Å². The third kappa shape index (κ3) is 5.35. The Balaban J connectivity index is 1.77. The van der Waals surface area contributed by atoms with Gasteiger partial charge in [0.1, 0.15) is 5.82 Å². The van der Waals surface area contributed by atoms with E-state index in [9.17, 15) is 9.18 Å². The number of benzene rings is 2. The van der Waals surface area contributed by atoms with Crippen LogP contribution in [0.5, 0.6) is 0 Å². The SMILES string of the molecule is CN(C)c1ccc(C=CCC=NNC(=O)c2ccc(F)cc2)cc1. The van der Waals surface area contributed by atoms with Crippen LogP contribution >= 0.6 is 0 Å². The van der Waals surface area contributed by atoms with Crippen LogP contribution in [0.4, 0.5) is 10.1 Å². The second-order valence-corrected chi connectivity index (χ2v) is 5.38. The van der Waals surface area contributed by atoms with Crippen LogP contribution in [0, 0.1) is 5.82 Å². The smallest absolute Gasteiger partial charge is 0.271 e. The molecule has 5 heteroatoms. The average molecular weight is 325 g/mol. The number of hydrogen-bond donors (Lipinski definition) is 1. The fourth-order valence-corrected chi connectivity index (χ4v) is 1.97. The highest BCUT2D eigenvalue weighted by molar-refractivity contribution is 5.94.